The van der Waals surface area contributed by atoms with E-state index in [-0.39, 0.29) is 52.9 Å². The molecule has 3 saturated carbocycles. The normalized spacial score (nSPS) is 27.6. The van der Waals surface area contributed by atoms with Crippen molar-refractivity contribution in [2.75, 3.05) is 19.8 Å². The number of hydrogen-bond donors (Lipinski definition) is 4. The maximum atomic E-state index is 13.5. The molecule has 2 atom stereocenters. The number of hydrogen-bond acceptors (Lipinski definition) is 6. The van der Waals surface area contributed by atoms with E-state index in [0.717, 1.165) is 11.6 Å². The largest absolute Gasteiger partial charge is 0.484 e. The Kier molecular flexibility index (Phi) is 6.76. The summed E-state index contributed by atoms with van der Waals surface area (Å²) in [6.45, 7) is 0.111. The molecule has 2 aromatic carbocycles. The predicted octanol–water partition coefficient (Wildman–Crippen LogP) is 2.89. The van der Waals surface area contributed by atoms with Crippen LogP contribution >= 0.6 is 23.2 Å². The zero-order chi connectivity index (χ0) is 25.5. The Morgan fingerprint density at radius 2 is 1.86 bits per heavy atom. The van der Waals surface area contributed by atoms with Gasteiger partial charge in [-0.3, -0.25) is 9.59 Å². The number of halogens is 3. The molecule has 11 heteroatoms. The highest BCUT2D eigenvalue weighted by Crippen LogP contribution is 2.60. The van der Waals surface area contributed by atoms with Crippen molar-refractivity contribution in [1.29, 1.82) is 0 Å². The van der Waals surface area contributed by atoms with E-state index in [9.17, 15) is 19.1 Å². The van der Waals surface area contributed by atoms with Crippen LogP contribution < -0.4 is 25.4 Å². The monoisotopic (exact) mass is 537 g/mol. The molecule has 0 aromatic heterocycles. The SMILES string of the molecule is O=C(COc1ccc(Cl)c(F)c1)NC12CC(NC(=O)C3CC(NCCO)c4cc(Cl)ccc4O3)(C1)C2. The lowest BCUT2D eigenvalue weighted by molar-refractivity contribution is -0.154. The Balaban J connectivity index is 1.12. The van der Waals surface area contributed by atoms with Crippen LogP contribution in [-0.2, 0) is 9.59 Å². The number of benzene rings is 2. The van der Waals surface area contributed by atoms with Crippen LogP contribution in [0.4, 0.5) is 4.39 Å². The van der Waals surface area contributed by atoms with E-state index in [4.69, 9.17) is 32.7 Å². The molecule has 0 saturated heterocycles. The number of ether oxygens (including phenoxy) is 2. The lowest BCUT2D eigenvalue weighted by Gasteiger charge is -2.70. The van der Waals surface area contributed by atoms with E-state index in [1.54, 1.807) is 18.2 Å². The molecule has 3 aliphatic carbocycles. The van der Waals surface area contributed by atoms with Gasteiger partial charge in [0, 0.05) is 46.7 Å². The maximum Gasteiger partial charge on any atom is 0.261 e. The molecular formula is C25H26Cl2FN3O5. The first kappa shape index (κ1) is 25.1. The first-order valence-corrected chi connectivity index (χ1v) is 12.5. The standard InChI is InChI=1S/C25H26Cl2FN3O5/c26-14-1-4-20-16(7-14)19(29-5-6-32)9-21(36-20)23(34)31-25-11-24(12-25,13-25)30-22(33)10-35-15-2-3-17(27)18(28)8-15/h1-4,7-8,19,21,29,32H,5-6,9-13H2,(H,30,33)(H,31,34). The van der Waals surface area contributed by atoms with Gasteiger partial charge in [0.05, 0.1) is 11.6 Å². The molecule has 192 valence electrons. The number of aliphatic hydroxyl groups excluding tert-OH is 1. The molecule has 2 amide bonds. The molecule has 3 fully saturated rings. The zero-order valence-electron chi connectivity index (χ0n) is 19.3. The third-order valence-electron chi connectivity index (χ3n) is 6.95. The molecule has 2 bridgehead atoms. The average molecular weight is 538 g/mol. The molecule has 4 aliphatic rings. The molecule has 2 unspecified atom stereocenters. The third kappa shape index (κ3) is 4.98. The number of fused-ring (bicyclic) bond motifs is 1. The summed E-state index contributed by atoms with van der Waals surface area (Å²) < 4.78 is 24.8. The van der Waals surface area contributed by atoms with Gasteiger partial charge in [0.2, 0.25) is 0 Å². The number of amides is 2. The maximum absolute atomic E-state index is 13.5. The Morgan fingerprint density at radius 1 is 1.11 bits per heavy atom. The Hall–Kier alpha value is -2.59. The second kappa shape index (κ2) is 9.70. The molecule has 1 heterocycles. The highest BCUT2D eigenvalue weighted by atomic mass is 35.5. The summed E-state index contributed by atoms with van der Waals surface area (Å²) in [4.78, 5) is 25.4. The van der Waals surface area contributed by atoms with Crippen LogP contribution in [-0.4, -0.2) is 53.9 Å². The average Bonchev–Trinajstić information content (AvgIpc) is 2.81. The molecule has 8 nitrogen and oxygen atoms in total. The van der Waals surface area contributed by atoms with Crippen molar-refractivity contribution in [3.8, 4) is 11.5 Å². The van der Waals surface area contributed by atoms with Crippen molar-refractivity contribution >= 4 is 35.0 Å². The Bertz CT molecular complexity index is 1180. The van der Waals surface area contributed by atoms with Crippen LogP contribution in [0.1, 0.15) is 37.3 Å². The molecule has 4 N–H and O–H groups in total. The number of rotatable bonds is 9. The van der Waals surface area contributed by atoms with Crippen molar-refractivity contribution in [3.05, 3.63) is 57.8 Å². The van der Waals surface area contributed by atoms with Gasteiger partial charge in [0.25, 0.3) is 11.8 Å². The Labute approximate surface area is 217 Å². The van der Waals surface area contributed by atoms with Gasteiger partial charge >= 0.3 is 0 Å². The third-order valence-corrected chi connectivity index (χ3v) is 7.49. The zero-order valence-corrected chi connectivity index (χ0v) is 20.8. The summed E-state index contributed by atoms with van der Waals surface area (Å²) in [5.74, 6) is -0.330. The van der Waals surface area contributed by atoms with Crippen molar-refractivity contribution in [2.45, 2.75) is 48.9 Å². The molecule has 0 radical (unpaired) electrons. The van der Waals surface area contributed by atoms with Gasteiger partial charge in [0.15, 0.2) is 12.7 Å². The minimum absolute atomic E-state index is 0.0165. The fraction of sp³-hybridized carbons (Fsp3) is 0.440. The molecular weight excluding hydrogens is 512 g/mol. The van der Waals surface area contributed by atoms with Crippen molar-refractivity contribution in [1.82, 2.24) is 16.0 Å². The number of carbonyl (C=O) groups is 2. The molecule has 6 rings (SSSR count). The van der Waals surface area contributed by atoms with E-state index in [1.807, 2.05) is 0 Å². The minimum Gasteiger partial charge on any atom is -0.484 e. The van der Waals surface area contributed by atoms with Gasteiger partial charge in [-0.1, -0.05) is 23.2 Å². The van der Waals surface area contributed by atoms with Crippen LogP contribution in [0.25, 0.3) is 0 Å². The summed E-state index contributed by atoms with van der Waals surface area (Å²) in [6.07, 6.45) is 1.58. The molecule has 2 aromatic rings. The first-order chi connectivity index (χ1) is 17.2. The summed E-state index contributed by atoms with van der Waals surface area (Å²) in [7, 11) is 0. The van der Waals surface area contributed by atoms with Crippen LogP contribution in [0.2, 0.25) is 10.0 Å². The predicted molar refractivity (Wildman–Crippen MR) is 131 cm³/mol. The second-order valence-electron chi connectivity index (χ2n) is 9.75. The summed E-state index contributed by atoms with van der Waals surface area (Å²) in [5.41, 5.74) is 0.138. The van der Waals surface area contributed by atoms with E-state index < -0.39 is 11.9 Å². The topological polar surface area (TPSA) is 109 Å². The van der Waals surface area contributed by atoms with Gasteiger partial charge in [-0.05, 0) is 49.6 Å². The summed E-state index contributed by atoms with van der Waals surface area (Å²) >= 11 is 11.8. The highest BCUT2D eigenvalue weighted by molar-refractivity contribution is 6.31. The van der Waals surface area contributed by atoms with Crippen LogP contribution in [0.5, 0.6) is 11.5 Å². The Morgan fingerprint density at radius 3 is 2.58 bits per heavy atom. The number of aliphatic hydroxyl groups is 1. The fourth-order valence-electron chi connectivity index (χ4n) is 5.48. The summed E-state index contributed by atoms with van der Waals surface area (Å²) in [5, 5.41) is 19.1. The molecule has 0 spiro atoms. The van der Waals surface area contributed by atoms with Crippen LogP contribution in [0.3, 0.4) is 0 Å². The van der Waals surface area contributed by atoms with Gasteiger partial charge in [-0.25, -0.2) is 4.39 Å². The molecule has 1 aliphatic heterocycles. The van der Waals surface area contributed by atoms with Crippen molar-refractivity contribution < 1.29 is 28.6 Å². The van der Waals surface area contributed by atoms with Crippen molar-refractivity contribution in [2.24, 2.45) is 0 Å². The lowest BCUT2D eigenvalue weighted by Crippen LogP contribution is -2.84. The quantitative estimate of drug-likeness (QED) is 0.391. The van der Waals surface area contributed by atoms with Gasteiger partial charge < -0.3 is 30.5 Å². The smallest absolute Gasteiger partial charge is 0.261 e. The fourth-order valence-corrected chi connectivity index (χ4v) is 5.77. The number of nitrogens with one attached hydrogen (secondary N) is 3. The van der Waals surface area contributed by atoms with E-state index in [2.05, 4.69) is 16.0 Å². The van der Waals surface area contributed by atoms with Gasteiger partial charge in [0.1, 0.15) is 17.3 Å². The highest BCUT2D eigenvalue weighted by Gasteiger charge is 2.69. The van der Waals surface area contributed by atoms with Crippen molar-refractivity contribution in [3.63, 3.8) is 0 Å². The van der Waals surface area contributed by atoms with Crippen LogP contribution in [0, 0.1) is 5.82 Å². The van der Waals surface area contributed by atoms with Crippen LogP contribution in [0.15, 0.2) is 36.4 Å². The number of carbonyl (C=O) groups excluding carboxylic acids is 2. The molecule has 36 heavy (non-hydrogen) atoms. The van der Waals surface area contributed by atoms with E-state index in [1.165, 1.54) is 12.1 Å². The van der Waals surface area contributed by atoms with Gasteiger partial charge in [-0.2, -0.15) is 0 Å². The minimum atomic E-state index is -0.692. The van der Waals surface area contributed by atoms with E-state index >= 15 is 0 Å². The van der Waals surface area contributed by atoms with Gasteiger partial charge in [-0.15, -0.1) is 0 Å². The van der Waals surface area contributed by atoms with E-state index in [0.29, 0.717) is 43.0 Å². The lowest BCUT2D eigenvalue weighted by atomic mass is 9.44. The summed E-state index contributed by atoms with van der Waals surface area (Å²) in [6, 6.07) is 9.08. The first-order valence-electron chi connectivity index (χ1n) is 11.7. The second-order valence-corrected chi connectivity index (χ2v) is 10.6.